The summed E-state index contributed by atoms with van der Waals surface area (Å²) in [6, 6.07) is 1.49. The predicted octanol–water partition coefficient (Wildman–Crippen LogP) is -0.203. The number of furan rings is 1. The molecule has 0 aromatic carbocycles. The number of nitrogen functional groups attached to an aromatic ring is 1. The van der Waals surface area contributed by atoms with E-state index in [4.69, 9.17) is 10.3 Å². The number of nitrogens with one attached hydrogen (secondary N) is 1. The Morgan fingerprint density at radius 2 is 2.39 bits per heavy atom. The average Bonchev–Trinajstić information content (AvgIpc) is 2.81. The topological polar surface area (TPSA) is 103 Å². The molecule has 0 aliphatic carbocycles. The van der Waals surface area contributed by atoms with Gasteiger partial charge in [0.05, 0.1) is 18.4 Å². The van der Waals surface area contributed by atoms with E-state index in [0.717, 1.165) is 5.56 Å². The van der Waals surface area contributed by atoms with E-state index >= 15 is 0 Å². The molecule has 0 atom stereocenters. The highest BCUT2D eigenvalue weighted by atomic mass is 16.3. The fourth-order valence-electron chi connectivity index (χ4n) is 1.58. The molecule has 0 unspecified atom stereocenters. The van der Waals surface area contributed by atoms with Crippen LogP contribution in [0.1, 0.15) is 21.7 Å². The average molecular weight is 248 g/mol. The highest BCUT2D eigenvalue weighted by Crippen LogP contribution is 2.11. The lowest BCUT2D eigenvalue weighted by Gasteiger charge is -2.05. The molecule has 2 rings (SSSR count). The molecule has 0 aliphatic heterocycles. The monoisotopic (exact) mass is 248 g/mol. The Morgan fingerprint density at radius 1 is 1.61 bits per heavy atom. The third kappa shape index (κ3) is 2.30. The molecule has 0 radical (unpaired) electrons. The van der Waals surface area contributed by atoms with Crippen LogP contribution >= 0.6 is 0 Å². The van der Waals surface area contributed by atoms with Gasteiger partial charge in [-0.25, -0.2) is 15.6 Å². The van der Waals surface area contributed by atoms with Crippen molar-refractivity contribution < 1.29 is 9.21 Å². The number of nitrogens with two attached hydrogens (primary N) is 1. The minimum atomic E-state index is -0.465. The van der Waals surface area contributed by atoms with E-state index in [1.165, 1.54) is 23.1 Å². The lowest BCUT2D eigenvalue weighted by Crippen LogP contribution is -2.31. The second-order valence-corrected chi connectivity index (χ2v) is 3.77. The third-order valence-electron chi connectivity index (χ3n) is 2.42. The first-order chi connectivity index (χ1) is 8.61. The van der Waals surface area contributed by atoms with Gasteiger partial charge in [-0.3, -0.25) is 14.8 Å². The fourth-order valence-corrected chi connectivity index (χ4v) is 1.58. The maximum Gasteiger partial charge on any atom is 0.347 e. The number of hydrogen-bond acceptors (Lipinski definition) is 5. The zero-order valence-electron chi connectivity index (χ0n) is 9.71. The van der Waals surface area contributed by atoms with Gasteiger partial charge in [0.1, 0.15) is 5.76 Å². The summed E-state index contributed by atoms with van der Waals surface area (Å²) in [6.07, 6.45) is 4.49. The summed E-state index contributed by atoms with van der Waals surface area (Å²) in [7, 11) is 0. The smallest absolute Gasteiger partial charge is 0.347 e. The molecule has 18 heavy (non-hydrogen) atoms. The number of nitrogens with zero attached hydrogens (tertiary/aromatic N) is 2. The summed E-state index contributed by atoms with van der Waals surface area (Å²) in [4.78, 5) is 26.7. The molecule has 0 saturated carbocycles. The van der Waals surface area contributed by atoms with Crippen LogP contribution in [0.4, 0.5) is 0 Å². The Morgan fingerprint density at radius 3 is 3.11 bits per heavy atom. The zero-order valence-corrected chi connectivity index (χ0v) is 9.71. The molecule has 2 aromatic rings. The Hall–Kier alpha value is -2.41. The van der Waals surface area contributed by atoms with Crippen molar-refractivity contribution in [2.75, 3.05) is 0 Å². The molecule has 3 N–H and O–H groups in total. The first kappa shape index (κ1) is 12.1. The van der Waals surface area contributed by atoms with Gasteiger partial charge >= 0.3 is 5.69 Å². The van der Waals surface area contributed by atoms with Crippen LogP contribution in [0.5, 0.6) is 0 Å². The first-order valence-corrected chi connectivity index (χ1v) is 5.22. The number of aromatic nitrogens is 2. The minimum Gasteiger partial charge on any atom is -0.467 e. The van der Waals surface area contributed by atoms with Gasteiger partial charge in [-0.1, -0.05) is 0 Å². The summed E-state index contributed by atoms with van der Waals surface area (Å²) < 4.78 is 6.55. The fraction of sp³-hybridized carbons (Fsp3) is 0.182. The van der Waals surface area contributed by atoms with Crippen molar-refractivity contribution in [3.8, 4) is 0 Å². The van der Waals surface area contributed by atoms with E-state index in [-0.39, 0.29) is 6.54 Å². The van der Waals surface area contributed by atoms with Gasteiger partial charge in [0.2, 0.25) is 0 Å². The van der Waals surface area contributed by atoms with Crippen molar-refractivity contribution in [3.05, 3.63) is 52.1 Å². The molecule has 7 nitrogen and oxygen atoms in total. The summed E-state index contributed by atoms with van der Waals surface area (Å²) >= 11 is 0. The molecule has 0 bridgehead atoms. The Balaban J connectivity index is 2.35. The maximum absolute atomic E-state index is 11.5. The molecule has 0 spiro atoms. The Kier molecular flexibility index (Phi) is 3.24. The van der Waals surface area contributed by atoms with Crippen molar-refractivity contribution in [2.45, 2.75) is 13.5 Å². The molecule has 2 heterocycles. The second-order valence-electron chi connectivity index (χ2n) is 3.77. The Bertz CT molecular complexity index is 629. The summed E-state index contributed by atoms with van der Waals surface area (Å²) in [5, 5.41) is 0. The van der Waals surface area contributed by atoms with Gasteiger partial charge < -0.3 is 4.42 Å². The molecule has 94 valence electrons. The summed E-state index contributed by atoms with van der Waals surface area (Å²) in [6.45, 7) is 1.95. The molecule has 7 heteroatoms. The van der Waals surface area contributed by atoms with Crippen LogP contribution in [0.2, 0.25) is 0 Å². The van der Waals surface area contributed by atoms with Crippen molar-refractivity contribution >= 4 is 5.91 Å². The normalized spacial score (nSPS) is 10.3. The number of rotatable bonds is 3. The SMILES string of the molecule is Cc1cnc(=O)n(Cc2occc2C(=O)NN)c1. The van der Waals surface area contributed by atoms with Crippen LogP contribution in [-0.4, -0.2) is 15.5 Å². The highest BCUT2D eigenvalue weighted by molar-refractivity contribution is 5.94. The van der Waals surface area contributed by atoms with Crippen molar-refractivity contribution in [3.63, 3.8) is 0 Å². The van der Waals surface area contributed by atoms with E-state index in [0.29, 0.717) is 11.3 Å². The Labute approximate surface area is 102 Å². The van der Waals surface area contributed by atoms with Crippen molar-refractivity contribution in [2.24, 2.45) is 5.84 Å². The molecule has 0 aliphatic rings. The lowest BCUT2D eigenvalue weighted by atomic mass is 10.2. The predicted molar refractivity (Wildman–Crippen MR) is 62.7 cm³/mol. The molecular formula is C11H12N4O3. The van der Waals surface area contributed by atoms with Gasteiger partial charge in [0.15, 0.2) is 0 Å². The van der Waals surface area contributed by atoms with Crippen molar-refractivity contribution in [1.29, 1.82) is 0 Å². The number of aryl methyl sites for hydroxylation is 1. The van der Waals surface area contributed by atoms with Crippen LogP contribution < -0.4 is 17.0 Å². The number of carbonyl (C=O) groups is 1. The molecule has 2 aromatic heterocycles. The first-order valence-electron chi connectivity index (χ1n) is 5.22. The largest absolute Gasteiger partial charge is 0.467 e. The standard InChI is InChI=1S/C11H12N4O3/c1-7-4-13-11(17)15(5-7)6-9-8(2-3-18-9)10(16)14-12/h2-5H,6,12H2,1H3,(H,14,16). The quantitative estimate of drug-likeness (QED) is 0.444. The number of amides is 1. The van der Waals surface area contributed by atoms with Crippen LogP contribution in [0.15, 0.2) is 33.9 Å². The van der Waals surface area contributed by atoms with E-state index in [2.05, 4.69) is 4.98 Å². The zero-order chi connectivity index (χ0) is 13.1. The van der Waals surface area contributed by atoms with Gasteiger partial charge in [0.25, 0.3) is 5.91 Å². The van der Waals surface area contributed by atoms with Crippen molar-refractivity contribution in [1.82, 2.24) is 15.0 Å². The van der Waals surface area contributed by atoms with E-state index in [1.54, 1.807) is 6.20 Å². The van der Waals surface area contributed by atoms with Crippen LogP contribution in [0.25, 0.3) is 0 Å². The number of carbonyl (C=O) groups excluding carboxylic acids is 1. The van der Waals surface area contributed by atoms with Gasteiger partial charge in [-0.2, -0.15) is 0 Å². The minimum absolute atomic E-state index is 0.128. The van der Waals surface area contributed by atoms with Crippen LogP contribution in [-0.2, 0) is 6.54 Å². The van der Waals surface area contributed by atoms with E-state index in [1.807, 2.05) is 12.3 Å². The van der Waals surface area contributed by atoms with E-state index < -0.39 is 11.6 Å². The third-order valence-corrected chi connectivity index (χ3v) is 2.42. The molecule has 1 amide bonds. The summed E-state index contributed by atoms with van der Waals surface area (Å²) in [5.74, 6) is 4.95. The van der Waals surface area contributed by atoms with Gasteiger partial charge in [0, 0.05) is 12.4 Å². The van der Waals surface area contributed by atoms with Gasteiger partial charge in [-0.15, -0.1) is 0 Å². The van der Waals surface area contributed by atoms with E-state index in [9.17, 15) is 9.59 Å². The lowest BCUT2D eigenvalue weighted by molar-refractivity contribution is 0.0951. The number of hydrazine groups is 1. The summed E-state index contributed by atoms with van der Waals surface area (Å²) in [5.41, 5.74) is 2.75. The molecule has 0 saturated heterocycles. The molecule has 0 fully saturated rings. The second kappa shape index (κ2) is 4.84. The maximum atomic E-state index is 11.5. The van der Waals surface area contributed by atoms with Crippen LogP contribution in [0.3, 0.4) is 0 Å². The van der Waals surface area contributed by atoms with Crippen LogP contribution in [0, 0.1) is 6.92 Å². The molecular weight excluding hydrogens is 236 g/mol. The van der Waals surface area contributed by atoms with Gasteiger partial charge in [-0.05, 0) is 18.6 Å². The number of hydrogen-bond donors (Lipinski definition) is 2. The highest BCUT2D eigenvalue weighted by Gasteiger charge is 2.14.